The van der Waals surface area contributed by atoms with Crippen molar-refractivity contribution in [1.82, 2.24) is 10.3 Å². The molecule has 0 saturated carbocycles. The minimum atomic E-state index is -0.315. The van der Waals surface area contributed by atoms with Gasteiger partial charge < -0.3 is 20.7 Å². The molecule has 6 nitrogen and oxygen atoms in total. The molecule has 1 saturated heterocycles. The first-order valence-electron chi connectivity index (χ1n) is 6.25. The molecule has 1 unspecified atom stereocenters. The van der Waals surface area contributed by atoms with Gasteiger partial charge in [0.25, 0.3) is 5.91 Å². The molecule has 106 valence electrons. The lowest BCUT2D eigenvalue weighted by atomic mass is 9.95. The second-order valence-corrected chi connectivity index (χ2v) is 6.25. The zero-order valence-corrected chi connectivity index (χ0v) is 12.3. The zero-order valence-electron chi connectivity index (χ0n) is 11.5. The van der Waals surface area contributed by atoms with Gasteiger partial charge >= 0.3 is 0 Å². The summed E-state index contributed by atoms with van der Waals surface area (Å²) in [6, 6.07) is 0. The van der Waals surface area contributed by atoms with Crippen molar-refractivity contribution in [3.8, 4) is 0 Å². The number of rotatable bonds is 3. The van der Waals surface area contributed by atoms with Gasteiger partial charge in [0.15, 0.2) is 5.13 Å². The van der Waals surface area contributed by atoms with Gasteiger partial charge in [-0.1, -0.05) is 11.3 Å². The van der Waals surface area contributed by atoms with Gasteiger partial charge in [0.1, 0.15) is 10.7 Å². The molecule has 1 atom stereocenters. The lowest BCUT2D eigenvalue weighted by Crippen LogP contribution is -2.51. The summed E-state index contributed by atoms with van der Waals surface area (Å²) < 4.78 is 5.43. The number of hydrogen-bond acceptors (Lipinski definition) is 6. The molecule has 2 heterocycles. The minimum Gasteiger partial charge on any atom is -0.382 e. The molecule has 1 aliphatic rings. The number of nitrogens with one attached hydrogen (secondary N) is 1. The van der Waals surface area contributed by atoms with Crippen LogP contribution in [-0.4, -0.2) is 43.7 Å². The normalized spacial score (nSPS) is 23.1. The maximum atomic E-state index is 12.3. The molecular formula is C12H20N4O2S. The van der Waals surface area contributed by atoms with E-state index in [1.54, 1.807) is 0 Å². The predicted molar refractivity (Wildman–Crippen MR) is 76.8 cm³/mol. The fraction of sp³-hybridized carbons (Fsp3) is 0.667. The topological polar surface area (TPSA) is 80.5 Å². The number of nitrogen functional groups attached to an aromatic ring is 1. The highest BCUT2D eigenvalue weighted by atomic mass is 32.1. The number of nitrogens with two attached hydrogens (primary N) is 1. The first-order valence-corrected chi connectivity index (χ1v) is 7.07. The van der Waals surface area contributed by atoms with Crippen LogP contribution >= 0.6 is 11.3 Å². The Labute approximate surface area is 116 Å². The summed E-state index contributed by atoms with van der Waals surface area (Å²) in [7, 11) is 3.74. The van der Waals surface area contributed by atoms with E-state index in [9.17, 15) is 4.79 Å². The molecule has 7 heteroatoms. The van der Waals surface area contributed by atoms with E-state index in [-0.39, 0.29) is 17.3 Å². The summed E-state index contributed by atoms with van der Waals surface area (Å²) in [6.45, 7) is 3.30. The van der Waals surface area contributed by atoms with Crippen LogP contribution in [0.3, 0.4) is 0 Å². The number of amides is 1. The van der Waals surface area contributed by atoms with Crippen LogP contribution in [-0.2, 0) is 4.74 Å². The summed E-state index contributed by atoms with van der Waals surface area (Å²) in [5.41, 5.74) is 5.49. The average molecular weight is 284 g/mol. The summed E-state index contributed by atoms with van der Waals surface area (Å²) in [6.07, 6.45) is 1.87. The molecule has 2 rings (SSSR count). The van der Waals surface area contributed by atoms with Gasteiger partial charge in [0.05, 0.1) is 12.1 Å². The van der Waals surface area contributed by atoms with Crippen molar-refractivity contribution >= 4 is 28.2 Å². The second kappa shape index (κ2) is 5.34. The Hall–Kier alpha value is -1.34. The molecule has 1 amide bonds. The Morgan fingerprint density at radius 2 is 2.32 bits per heavy atom. The van der Waals surface area contributed by atoms with Gasteiger partial charge in [-0.05, 0) is 19.8 Å². The van der Waals surface area contributed by atoms with Crippen molar-refractivity contribution in [1.29, 1.82) is 0 Å². The fourth-order valence-electron chi connectivity index (χ4n) is 2.04. The van der Waals surface area contributed by atoms with E-state index < -0.39 is 0 Å². The molecule has 1 aromatic heterocycles. The third kappa shape index (κ3) is 3.16. The van der Waals surface area contributed by atoms with Crippen molar-refractivity contribution in [2.45, 2.75) is 25.3 Å². The molecular weight excluding hydrogens is 264 g/mol. The molecule has 0 radical (unpaired) electrons. The maximum Gasteiger partial charge on any atom is 0.265 e. The van der Waals surface area contributed by atoms with Gasteiger partial charge in [-0.25, -0.2) is 4.98 Å². The lowest BCUT2D eigenvalue weighted by molar-refractivity contribution is 0.0274. The van der Waals surface area contributed by atoms with E-state index in [0.29, 0.717) is 11.5 Å². The van der Waals surface area contributed by atoms with Gasteiger partial charge in [-0.15, -0.1) is 0 Å². The highest BCUT2D eigenvalue weighted by Crippen LogP contribution is 2.28. The first kappa shape index (κ1) is 14.1. The van der Waals surface area contributed by atoms with E-state index in [0.717, 1.165) is 24.6 Å². The van der Waals surface area contributed by atoms with E-state index >= 15 is 0 Å². The second-order valence-electron chi connectivity index (χ2n) is 5.28. The summed E-state index contributed by atoms with van der Waals surface area (Å²) in [4.78, 5) is 18.8. The number of anilines is 2. The Morgan fingerprint density at radius 3 is 2.84 bits per heavy atom. The number of thiazole rings is 1. The third-order valence-electron chi connectivity index (χ3n) is 3.08. The van der Waals surface area contributed by atoms with E-state index in [4.69, 9.17) is 10.5 Å². The van der Waals surface area contributed by atoms with Gasteiger partial charge in [0, 0.05) is 20.7 Å². The quantitative estimate of drug-likeness (QED) is 0.868. The van der Waals surface area contributed by atoms with Gasteiger partial charge in [0.2, 0.25) is 0 Å². The van der Waals surface area contributed by atoms with Crippen molar-refractivity contribution in [3.05, 3.63) is 4.88 Å². The van der Waals surface area contributed by atoms with Crippen molar-refractivity contribution < 1.29 is 9.53 Å². The van der Waals surface area contributed by atoms with Crippen LogP contribution in [0.4, 0.5) is 10.9 Å². The van der Waals surface area contributed by atoms with Crippen LogP contribution in [0.15, 0.2) is 0 Å². The van der Waals surface area contributed by atoms with Crippen LogP contribution in [0, 0.1) is 0 Å². The smallest absolute Gasteiger partial charge is 0.265 e. The molecule has 1 aromatic rings. The average Bonchev–Trinajstić information content (AvgIpc) is 2.72. The molecule has 0 aromatic carbocycles. The molecule has 1 fully saturated rings. The number of hydrogen-bond donors (Lipinski definition) is 2. The van der Waals surface area contributed by atoms with Crippen molar-refractivity contribution in [3.63, 3.8) is 0 Å². The zero-order chi connectivity index (χ0) is 14.0. The Kier molecular flexibility index (Phi) is 3.96. The largest absolute Gasteiger partial charge is 0.382 e. The first-order chi connectivity index (χ1) is 8.91. The molecule has 0 spiro atoms. The minimum absolute atomic E-state index is 0.170. The number of aromatic nitrogens is 1. The Bertz CT molecular complexity index is 466. The van der Waals surface area contributed by atoms with Crippen molar-refractivity contribution in [2.24, 2.45) is 0 Å². The highest BCUT2D eigenvalue weighted by molar-refractivity contribution is 7.18. The SMILES string of the molecule is CN(C)c1nc(N)c(C(=O)NC2(C)CCCOC2)s1. The Morgan fingerprint density at radius 1 is 1.58 bits per heavy atom. The summed E-state index contributed by atoms with van der Waals surface area (Å²) in [5.74, 6) is 0.114. The van der Waals surface area contributed by atoms with Crippen LogP contribution in [0.2, 0.25) is 0 Å². The maximum absolute atomic E-state index is 12.3. The molecule has 0 aliphatic carbocycles. The van der Waals surface area contributed by atoms with Crippen molar-refractivity contribution in [2.75, 3.05) is 37.9 Å². The summed E-state index contributed by atoms with van der Waals surface area (Å²) >= 11 is 1.30. The number of carbonyl (C=O) groups is 1. The van der Waals surface area contributed by atoms with Crippen LogP contribution in [0.25, 0.3) is 0 Å². The number of ether oxygens (including phenoxy) is 1. The molecule has 0 bridgehead atoms. The monoisotopic (exact) mass is 284 g/mol. The molecule has 19 heavy (non-hydrogen) atoms. The van der Waals surface area contributed by atoms with E-state index in [1.807, 2.05) is 25.9 Å². The summed E-state index contributed by atoms with van der Waals surface area (Å²) in [5, 5.41) is 3.74. The van der Waals surface area contributed by atoms with E-state index in [2.05, 4.69) is 10.3 Å². The lowest BCUT2D eigenvalue weighted by Gasteiger charge is -2.34. The molecule has 1 aliphatic heterocycles. The Balaban J connectivity index is 2.11. The van der Waals surface area contributed by atoms with Crippen LogP contribution < -0.4 is 16.0 Å². The van der Waals surface area contributed by atoms with Crippen LogP contribution in [0.5, 0.6) is 0 Å². The van der Waals surface area contributed by atoms with E-state index in [1.165, 1.54) is 11.3 Å². The van der Waals surface area contributed by atoms with Gasteiger partial charge in [-0.3, -0.25) is 4.79 Å². The molecule has 3 N–H and O–H groups in total. The number of nitrogens with zero attached hydrogens (tertiary/aromatic N) is 2. The van der Waals surface area contributed by atoms with Gasteiger partial charge in [-0.2, -0.15) is 0 Å². The highest BCUT2D eigenvalue weighted by Gasteiger charge is 2.31. The third-order valence-corrected chi connectivity index (χ3v) is 4.32. The predicted octanol–water partition coefficient (Wildman–Crippen LogP) is 1.09. The fourth-order valence-corrected chi connectivity index (χ4v) is 2.84. The number of carbonyl (C=O) groups excluding carboxylic acids is 1. The van der Waals surface area contributed by atoms with Crippen LogP contribution in [0.1, 0.15) is 29.4 Å². The standard InChI is InChI=1S/C12H20N4O2S/c1-12(5-4-6-18-7-12)15-10(17)8-9(13)14-11(19-8)16(2)3/h4-7,13H2,1-3H3,(H,15,17).